The predicted octanol–water partition coefficient (Wildman–Crippen LogP) is 7.45. The Morgan fingerprint density at radius 3 is 2.62 bits per heavy atom. The van der Waals surface area contributed by atoms with E-state index >= 15 is 0 Å². The van der Waals surface area contributed by atoms with E-state index in [1.807, 2.05) is 37.3 Å². The maximum absolute atomic E-state index is 13.2. The van der Waals surface area contributed by atoms with E-state index in [9.17, 15) is 9.18 Å². The van der Waals surface area contributed by atoms with Crippen molar-refractivity contribution in [2.45, 2.75) is 13.5 Å². The number of thioether (sulfide) groups is 1. The Kier molecular flexibility index (Phi) is 7.76. The largest absolute Gasteiger partial charge is 0.490 e. The Balaban J connectivity index is 1.38. The Morgan fingerprint density at radius 2 is 1.81 bits per heavy atom. The number of amides is 1. The molecule has 186 valence electrons. The summed E-state index contributed by atoms with van der Waals surface area (Å²) in [5, 5.41) is 5.52. The molecule has 8 heteroatoms. The van der Waals surface area contributed by atoms with E-state index < -0.39 is 0 Å². The Hall–Kier alpha value is -3.37. The molecule has 0 atom stereocenters. The van der Waals surface area contributed by atoms with Crippen molar-refractivity contribution in [3.05, 3.63) is 104 Å². The number of hydrogen-bond acceptors (Lipinski definition) is 5. The van der Waals surface area contributed by atoms with Crippen molar-refractivity contribution in [2.24, 2.45) is 4.99 Å². The van der Waals surface area contributed by atoms with Crippen LogP contribution in [0.1, 0.15) is 18.1 Å². The number of carbonyl (C=O) groups is 1. The summed E-state index contributed by atoms with van der Waals surface area (Å²) < 4.78 is 26.2. The van der Waals surface area contributed by atoms with Crippen LogP contribution in [-0.2, 0) is 11.4 Å². The molecule has 5 nitrogen and oxygen atoms in total. The Morgan fingerprint density at radius 1 is 1.03 bits per heavy atom. The number of nitrogens with zero attached hydrogens (tertiary/aromatic N) is 1. The number of fused-ring (bicyclic) bond motifs is 1. The van der Waals surface area contributed by atoms with E-state index in [1.54, 1.807) is 18.2 Å². The third kappa shape index (κ3) is 5.97. The number of ether oxygens (including phenoxy) is 2. The summed E-state index contributed by atoms with van der Waals surface area (Å²) in [5.74, 6) is 0.705. The number of benzene rings is 4. The van der Waals surface area contributed by atoms with Crippen molar-refractivity contribution in [3.63, 3.8) is 0 Å². The first kappa shape index (κ1) is 25.3. The van der Waals surface area contributed by atoms with Crippen molar-refractivity contribution in [3.8, 4) is 11.5 Å². The van der Waals surface area contributed by atoms with Gasteiger partial charge in [-0.15, -0.1) is 0 Å². The lowest BCUT2D eigenvalue weighted by molar-refractivity contribution is -0.115. The molecular formula is C29H22FIN2O3S. The zero-order valence-corrected chi connectivity index (χ0v) is 22.8. The van der Waals surface area contributed by atoms with Crippen LogP contribution >= 0.6 is 34.4 Å². The van der Waals surface area contributed by atoms with Crippen LogP contribution in [0.15, 0.2) is 88.8 Å². The van der Waals surface area contributed by atoms with Crippen LogP contribution in [-0.4, -0.2) is 17.7 Å². The zero-order valence-electron chi connectivity index (χ0n) is 19.8. The van der Waals surface area contributed by atoms with Gasteiger partial charge in [-0.05, 0) is 106 Å². The first-order valence-corrected chi connectivity index (χ1v) is 13.5. The standard InChI is InChI=1S/C29H22FIN2O3S/c1-2-35-25-15-18(16-26-28(34)33-29(37-26)32-22-12-10-21(30)11-13-22)14-24(31)27(25)36-17-20-8-5-7-19-6-3-4-9-23(19)20/h3-16H,2,17H2,1H3,(H,32,33,34)/b26-16+. The highest BCUT2D eigenvalue weighted by atomic mass is 127. The molecule has 0 radical (unpaired) electrons. The topological polar surface area (TPSA) is 59.9 Å². The summed E-state index contributed by atoms with van der Waals surface area (Å²) in [6, 6.07) is 24.0. The van der Waals surface area contributed by atoms with E-state index in [-0.39, 0.29) is 11.7 Å². The Labute approximate surface area is 231 Å². The van der Waals surface area contributed by atoms with Gasteiger partial charge in [-0.3, -0.25) is 4.79 Å². The molecule has 0 unspecified atom stereocenters. The van der Waals surface area contributed by atoms with E-state index in [1.165, 1.54) is 29.3 Å². The van der Waals surface area contributed by atoms with Gasteiger partial charge in [-0.25, -0.2) is 9.38 Å². The fourth-order valence-corrected chi connectivity index (χ4v) is 5.53. The molecule has 1 N–H and O–H groups in total. The van der Waals surface area contributed by atoms with Gasteiger partial charge < -0.3 is 14.8 Å². The summed E-state index contributed by atoms with van der Waals surface area (Å²) in [4.78, 5) is 17.5. The van der Waals surface area contributed by atoms with Gasteiger partial charge in [0.25, 0.3) is 5.91 Å². The van der Waals surface area contributed by atoms with Crippen LogP contribution < -0.4 is 14.8 Å². The van der Waals surface area contributed by atoms with E-state index in [4.69, 9.17) is 9.47 Å². The maximum atomic E-state index is 13.2. The lowest BCUT2D eigenvalue weighted by Crippen LogP contribution is -2.19. The van der Waals surface area contributed by atoms with E-state index in [0.717, 1.165) is 20.1 Å². The van der Waals surface area contributed by atoms with E-state index in [2.05, 4.69) is 57.2 Å². The summed E-state index contributed by atoms with van der Waals surface area (Å²) in [6.45, 7) is 2.80. The van der Waals surface area contributed by atoms with Crippen molar-refractivity contribution in [1.82, 2.24) is 5.32 Å². The molecule has 1 fully saturated rings. The molecular weight excluding hydrogens is 602 g/mol. The molecule has 1 saturated heterocycles. The van der Waals surface area contributed by atoms with Crippen molar-refractivity contribution in [1.29, 1.82) is 0 Å². The Bertz CT molecular complexity index is 1530. The number of nitrogens with one attached hydrogen (secondary N) is 1. The zero-order chi connectivity index (χ0) is 25.8. The molecule has 0 bridgehead atoms. The fraction of sp³-hybridized carbons (Fsp3) is 0.103. The normalized spacial score (nSPS) is 15.4. The average Bonchev–Trinajstić information content (AvgIpc) is 3.23. The van der Waals surface area contributed by atoms with Crippen molar-refractivity contribution in [2.75, 3.05) is 6.61 Å². The summed E-state index contributed by atoms with van der Waals surface area (Å²) >= 11 is 3.46. The van der Waals surface area contributed by atoms with Gasteiger partial charge in [0.2, 0.25) is 0 Å². The second-order valence-electron chi connectivity index (χ2n) is 8.15. The van der Waals surface area contributed by atoms with Gasteiger partial charge in [0.05, 0.1) is 20.8 Å². The SMILES string of the molecule is CCOc1cc(/C=C2/SC(=Nc3ccc(F)cc3)NC2=O)cc(I)c1OCc1cccc2ccccc12. The second kappa shape index (κ2) is 11.4. The van der Waals surface area contributed by atoms with Crippen LogP contribution in [0.5, 0.6) is 11.5 Å². The average molecular weight is 624 g/mol. The molecule has 0 aromatic heterocycles. The first-order chi connectivity index (χ1) is 18.0. The molecule has 1 aliphatic rings. The smallest absolute Gasteiger partial charge is 0.264 e. The molecule has 0 spiro atoms. The van der Waals surface area contributed by atoms with Crippen molar-refractivity contribution >= 4 is 68.0 Å². The minimum absolute atomic E-state index is 0.241. The minimum Gasteiger partial charge on any atom is -0.490 e. The fourth-order valence-electron chi connectivity index (χ4n) is 3.91. The van der Waals surface area contributed by atoms with Gasteiger partial charge >= 0.3 is 0 Å². The number of carbonyl (C=O) groups excluding carboxylic acids is 1. The van der Waals surface area contributed by atoms with Gasteiger partial charge in [0.15, 0.2) is 16.7 Å². The van der Waals surface area contributed by atoms with Crippen LogP contribution in [0.2, 0.25) is 0 Å². The van der Waals surface area contributed by atoms with Gasteiger partial charge in [-0.1, -0.05) is 42.5 Å². The third-order valence-electron chi connectivity index (χ3n) is 5.59. The lowest BCUT2D eigenvalue weighted by Gasteiger charge is -2.16. The van der Waals surface area contributed by atoms with Crippen LogP contribution in [0.4, 0.5) is 10.1 Å². The molecule has 1 heterocycles. The molecule has 37 heavy (non-hydrogen) atoms. The van der Waals surface area contributed by atoms with Crippen LogP contribution in [0.3, 0.4) is 0 Å². The number of hydrogen-bond donors (Lipinski definition) is 1. The van der Waals surface area contributed by atoms with Gasteiger partial charge in [-0.2, -0.15) is 0 Å². The molecule has 1 amide bonds. The van der Waals surface area contributed by atoms with Gasteiger partial charge in [0.1, 0.15) is 12.4 Å². The molecule has 4 aromatic carbocycles. The number of amidine groups is 1. The second-order valence-corrected chi connectivity index (χ2v) is 10.3. The molecule has 4 aromatic rings. The number of rotatable bonds is 7. The van der Waals surface area contributed by atoms with Crippen LogP contribution in [0.25, 0.3) is 16.8 Å². The molecule has 5 rings (SSSR count). The lowest BCUT2D eigenvalue weighted by atomic mass is 10.1. The van der Waals surface area contributed by atoms with Gasteiger partial charge in [0, 0.05) is 0 Å². The van der Waals surface area contributed by atoms with Crippen molar-refractivity contribution < 1.29 is 18.7 Å². The summed E-state index contributed by atoms with van der Waals surface area (Å²) in [5.41, 5.74) is 2.46. The molecule has 0 saturated carbocycles. The first-order valence-electron chi connectivity index (χ1n) is 11.6. The highest BCUT2D eigenvalue weighted by Gasteiger charge is 2.24. The summed E-state index contributed by atoms with van der Waals surface area (Å²) in [7, 11) is 0. The molecule has 1 aliphatic heterocycles. The minimum atomic E-state index is -0.336. The highest BCUT2D eigenvalue weighted by molar-refractivity contribution is 14.1. The highest BCUT2D eigenvalue weighted by Crippen LogP contribution is 2.37. The monoisotopic (exact) mass is 624 g/mol. The third-order valence-corrected chi connectivity index (χ3v) is 7.30. The quantitative estimate of drug-likeness (QED) is 0.172. The summed E-state index contributed by atoms with van der Waals surface area (Å²) in [6.07, 6.45) is 1.80. The number of halogens is 2. The van der Waals surface area contributed by atoms with E-state index in [0.29, 0.717) is 40.5 Å². The van der Waals surface area contributed by atoms with Crippen LogP contribution in [0, 0.1) is 9.39 Å². The maximum Gasteiger partial charge on any atom is 0.264 e. The number of aliphatic imine (C=N–C) groups is 1. The molecule has 0 aliphatic carbocycles. The predicted molar refractivity (Wildman–Crippen MR) is 156 cm³/mol.